The van der Waals surface area contributed by atoms with E-state index in [1.165, 1.54) is 0 Å². The Hall–Kier alpha value is 0.120. The molecule has 0 aliphatic carbocycles. The van der Waals surface area contributed by atoms with E-state index in [-0.39, 0.29) is 43.0 Å². The summed E-state index contributed by atoms with van der Waals surface area (Å²) >= 11 is 0. The smallest absolute Gasteiger partial charge is 0.330 e. The fourth-order valence-electron chi connectivity index (χ4n) is 3.25. The lowest BCUT2D eigenvalue weighted by Gasteiger charge is -2.26. The minimum absolute atomic E-state index is 0.0404. The van der Waals surface area contributed by atoms with Crippen LogP contribution in [0, 0.1) is 0 Å². The Morgan fingerprint density at radius 2 is 1.62 bits per heavy atom. The van der Waals surface area contributed by atoms with Gasteiger partial charge in [0, 0.05) is 32.4 Å². The van der Waals surface area contributed by atoms with E-state index in [0.29, 0.717) is 19.2 Å². The normalized spacial score (nSPS) is 39.1. The first-order valence-electron chi connectivity index (χ1n) is 8.65. The maximum atomic E-state index is 13.0. The molecule has 2 heterocycles. The highest BCUT2D eigenvalue weighted by atomic mass is 31.2. The van der Waals surface area contributed by atoms with Crippen molar-refractivity contribution < 1.29 is 32.6 Å². The molecule has 2 fully saturated rings. The van der Waals surface area contributed by atoms with Crippen LogP contribution in [0.1, 0.15) is 19.8 Å². The van der Waals surface area contributed by atoms with E-state index in [2.05, 4.69) is 0 Å². The minimum atomic E-state index is -3.22. The van der Waals surface area contributed by atoms with Crippen LogP contribution in [-0.2, 0) is 32.6 Å². The molecule has 0 bridgehead atoms. The molecule has 0 aromatic rings. The highest BCUT2D eigenvalue weighted by Gasteiger charge is 2.40. The van der Waals surface area contributed by atoms with Gasteiger partial charge in [0.1, 0.15) is 27.9 Å². The molecule has 7 atom stereocenters. The Kier molecular flexibility index (Phi) is 7.81. The molecule has 0 saturated carbocycles. The summed E-state index contributed by atoms with van der Waals surface area (Å²) < 4.78 is 46.7. The van der Waals surface area contributed by atoms with Gasteiger partial charge in [-0.3, -0.25) is 4.57 Å². The molecule has 0 radical (unpaired) electrons. The van der Waals surface area contributed by atoms with Crippen molar-refractivity contribution in [2.75, 3.05) is 33.6 Å². The van der Waals surface area contributed by atoms with Crippen LogP contribution >= 0.6 is 7.60 Å². The molecule has 7 nitrogen and oxygen atoms in total. The van der Waals surface area contributed by atoms with Crippen molar-refractivity contribution in [1.82, 2.24) is 0 Å². The maximum absolute atomic E-state index is 13.0. The Morgan fingerprint density at radius 3 is 2.17 bits per heavy atom. The molecule has 3 unspecified atom stereocenters. The van der Waals surface area contributed by atoms with Crippen LogP contribution in [-0.4, -0.2) is 85.7 Å². The topological polar surface area (TPSA) is 72.5 Å². The lowest BCUT2D eigenvalue weighted by Crippen LogP contribution is -2.30. The average Bonchev–Trinajstić information content (AvgIpc) is 3.08. The van der Waals surface area contributed by atoms with E-state index in [1.54, 1.807) is 21.1 Å². The van der Waals surface area contributed by atoms with Gasteiger partial charge in [-0.15, -0.1) is 0 Å². The van der Waals surface area contributed by atoms with Gasteiger partial charge < -0.3 is 28.0 Å². The second-order valence-electron chi connectivity index (χ2n) is 6.54. The molecule has 2 aliphatic heterocycles. The number of ether oxygens (including phenoxy) is 4. The second kappa shape index (κ2) is 9.17. The molecular weight excluding hydrogens is 333 g/mol. The van der Waals surface area contributed by atoms with Gasteiger partial charge in [0.25, 0.3) is 0 Å². The number of methoxy groups -OCH3 is 2. The molecular formula is C14H29B2O7P. The first-order chi connectivity index (χ1) is 11.4. The van der Waals surface area contributed by atoms with Crippen LogP contribution in [0.5, 0.6) is 0 Å². The van der Waals surface area contributed by atoms with E-state index < -0.39 is 7.60 Å². The number of rotatable bonds is 9. The molecule has 0 amide bonds. The van der Waals surface area contributed by atoms with Crippen molar-refractivity contribution in [2.45, 2.75) is 56.2 Å². The van der Waals surface area contributed by atoms with E-state index in [9.17, 15) is 4.57 Å². The van der Waals surface area contributed by atoms with Crippen molar-refractivity contribution >= 4 is 23.3 Å². The Labute approximate surface area is 146 Å². The zero-order valence-electron chi connectivity index (χ0n) is 15.3. The fraction of sp³-hybridized carbons (Fsp3) is 1.00. The molecule has 24 heavy (non-hydrogen) atoms. The van der Waals surface area contributed by atoms with Crippen LogP contribution in [0.25, 0.3) is 0 Å². The predicted molar refractivity (Wildman–Crippen MR) is 95.3 cm³/mol. The second-order valence-corrected chi connectivity index (χ2v) is 8.86. The third-order valence-electron chi connectivity index (χ3n) is 4.52. The van der Waals surface area contributed by atoms with Gasteiger partial charge in [-0.05, 0) is 12.8 Å². The monoisotopic (exact) mass is 362 g/mol. The van der Waals surface area contributed by atoms with E-state index in [1.807, 2.05) is 15.7 Å². The van der Waals surface area contributed by atoms with Gasteiger partial charge in [-0.1, -0.05) is 6.92 Å². The third kappa shape index (κ3) is 5.31. The summed E-state index contributed by atoms with van der Waals surface area (Å²) in [6, 6.07) is 0.165. The first-order valence-corrected chi connectivity index (χ1v) is 10.4. The Morgan fingerprint density at radius 1 is 1.04 bits per heavy atom. The van der Waals surface area contributed by atoms with E-state index >= 15 is 0 Å². The number of hydrogen-bond donors (Lipinski definition) is 0. The van der Waals surface area contributed by atoms with Crippen molar-refractivity contribution in [3.05, 3.63) is 0 Å². The van der Waals surface area contributed by atoms with Crippen molar-refractivity contribution in [2.24, 2.45) is 0 Å². The summed E-state index contributed by atoms with van der Waals surface area (Å²) in [6.45, 7) is 2.41. The van der Waals surface area contributed by atoms with Crippen molar-refractivity contribution in [3.63, 3.8) is 0 Å². The summed E-state index contributed by atoms with van der Waals surface area (Å²) in [5, 5.41) is 0. The molecule has 0 N–H and O–H groups in total. The SMILES string of the molecule is B[C@H]1CC(OC)[C@@H](COP(=O)(CC)OC2C[C@H](B)O[C@@H]2COC)O1. The van der Waals surface area contributed by atoms with Crippen LogP contribution in [0.3, 0.4) is 0 Å². The van der Waals surface area contributed by atoms with Gasteiger partial charge >= 0.3 is 7.60 Å². The molecule has 2 rings (SSSR count). The molecule has 0 aromatic carbocycles. The molecule has 2 saturated heterocycles. The molecule has 10 heteroatoms. The molecule has 0 spiro atoms. The molecule has 0 aromatic heterocycles. The van der Waals surface area contributed by atoms with Gasteiger partial charge in [0.15, 0.2) is 0 Å². The molecule has 138 valence electrons. The van der Waals surface area contributed by atoms with Crippen LogP contribution in [0.4, 0.5) is 0 Å². The molecule has 2 aliphatic rings. The van der Waals surface area contributed by atoms with Crippen LogP contribution in [0.15, 0.2) is 0 Å². The minimum Gasteiger partial charge on any atom is -0.382 e. The Bertz CT molecular complexity index is 441. The first kappa shape index (κ1) is 20.4. The zero-order valence-corrected chi connectivity index (χ0v) is 16.2. The van der Waals surface area contributed by atoms with Gasteiger partial charge in [-0.25, -0.2) is 0 Å². The summed E-state index contributed by atoms with van der Waals surface area (Å²) in [5.41, 5.74) is 0. The summed E-state index contributed by atoms with van der Waals surface area (Å²) in [7, 11) is 4.02. The summed E-state index contributed by atoms with van der Waals surface area (Å²) in [6.07, 6.45) is 1.03. The van der Waals surface area contributed by atoms with Crippen molar-refractivity contribution in [1.29, 1.82) is 0 Å². The lowest BCUT2D eigenvalue weighted by atomic mass is 9.96. The number of hydrogen-bond acceptors (Lipinski definition) is 7. The van der Waals surface area contributed by atoms with Crippen LogP contribution in [0.2, 0.25) is 0 Å². The van der Waals surface area contributed by atoms with Crippen molar-refractivity contribution in [3.8, 4) is 0 Å². The van der Waals surface area contributed by atoms with Gasteiger partial charge in [-0.2, -0.15) is 0 Å². The summed E-state index contributed by atoms with van der Waals surface area (Å²) in [5.74, 6) is 0. The zero-order chi connectivity index (χ0) is 17.7. The summed E-state index contributed by atoms with van der Waals surface area (Å²) in [4.78, 5) is 0. The quantitative estimate of drug-likeness (QED) is 0.414. The van der Waals surface area contributed by atoms with Crippen LogP contribution < -0.4 is 0 Å². The predicted octanol–water partition coefficient (Wildman–Crippen LogP) is -0.241. The maximum Gasteiger partial charge on any atom is 0.330 e. The van der Waals surface area contributed by atoms with Gasteiger partial charge in [0.05, 0.1) is 25.4 Å². The largest absolute Gasteiger partial charge is 0.382 e. The standard InChI is InChI=1S/C14H29B2O7P/c1-4-24(17,20-8-12-9(19-3)5-13(15)22-12)23-10-6-14(16)21-11(10)7-18-2/h9-14H,4-8,15-16H2,1-3H3/t9?,10?,11-,12-,13-,14-,24?/m1/s1. The highest BCUT2D eigenvalue weighted by Crippen LogP contribution is 2.51. The van der Waals surface area contributed by atoms with E-state index in [4.69, 9.17) is 28.0 Å². The fourth-order valence-corrected chi connectivity index (χ4v) is 4.65. The van der Waals surface area contributed by atoms with Gasteiger partial charge in [0.2, 0.25) is 0 Å². The van der Waals surface area contributed by atoms with E-state index in [0.717, 1.165) is 6.42 Å². The lowest BCUT2D eigenvalue weighted by molar-refractivity contribution is -0.0290. The Balaban J connectivity index is 1.92. The third-order valence-corrected chi connectivity index (χ3v) is 6.43. The average molecular weight is 362 g/mol. The highest BCUT2D eigenvalue weighted by molar-refractivity contribution is 7.53.